The van der Waals surface area contributed by atoms with Crippen LogP contribution in [-0.4, -0.2) is 29.7 Å². The normalized spacial score (nSPS) is 21.2. The number of hydrogen-bond acceptors (Lipinski definition) is 2. The standard InChI is InChI=1S/C29H27NO2/c1-19-8-2-3-9-23(19)20-16-21-14-15-22(17-20)30(21)29(31)32-18-28-26-12-6-4-10-24(26)25-11-5-7-13-27(25)28/h2-13,16,21-22,28H,14-15,17-18H2,1H3. The topological polar surface area (TPSA) is 29.5 Å². The lowest BCUT2D eigenvalue weighted by molar-refractivity contribution is 0.0866. The molecule has 1 amide bonds. The van der Waals surface area contributed by atoms with E-state index < -0.39 is 0 Å². The number of rotatable bonds is 3. The van der Waals surface area contributed by atoms with Crippen LogP contribution in [0.4, 0.5) is 4.79 Å². The summed E-state index contributed by atoms with van der Waals surface area (Å²) in [6.07, 6.45) is 5.10. The highest BCUT2D eigenvalue weighted by Crippen LogP contribution is 2.45. The van der Waals surface area contributed by atoms with E-state index in [1.807, 2.05) is 4.90 Å². The van der Waals surface area contributed by atoms with Gasteiger partial charge in [-0.3, -0.25) is 4.90 Å². The van der Waals surface area contributed by atoms with Gasteiger partial charge in [0.15, 0.2) is 0 Å². The Bertz CT molecular complexity index is 1180. The van der Waals surface area contributed by atoms with E-state index in [1.54, 1.807) is 0 Å². The molecule has 0 radical (unpaired) electrons. The Morgan fingerprint density at radius 1 is 0.875 bits per heavy atom. The van der Waals surface area contributed by atoms with E-state index in [1.165, 1.54) is 39.0 Å². The highest BCUT2D eigenvalue weighted by atomic mass is 16.6. The van der Waals surface area contributed by atoms with Crippen molar-refractivity contribution >= 4 is 11.7 Å². The molecule has 2 unspecified atom stereocenters. The molecule has 1 fully saturated rings. The summed E-state index contributed by atoms with van der Waals surface area (Å²) in [5.41, 5.74) is 9.01. The van der Waals surface area contributed by atoms with Crippen LogP contribution in [-0.2, 0) is 4.74 Å². The van der Waals surface area contributed by atoms with Crippen molar-refractivity contribution in [1.82, 2.24) is 4.90 Å². The molecule has 0 spiro atoms. The molecule has 3 aromatic carbocycles. The molecule has 3 nitrogen and oxygen atoms in total. The minimum Gasteiger partial charge on any atom is -0.448 e. The van der Waals surface area contributed by atoms with Crippen LogP contribution in [0.2, 0.25) is 0 Å². The average molecular weight is 422 g/mol. The molecular weight excluding hydrogens is 394 g/mol. The highest BCUT2D eigenvalue weighted by molar-refractivity contribution is 5.79. The van der Waals surface area contributed by atoms with E-state index in [-0.39, 0.29) is 24.1 Å². The third-order valence-corrected chi connectivity index (χ3v) is 7.43. The van der Waals surface area contributed by atoms with Crippen LogP contribution < -0.4 is 0 Å². The lowest BCUT2D eigenvalue weighted by atomic mass is 9.92. The van der Waals surface area contributed by atoms with E-state index in [4.69, 9.17) is 4.74 Å². The lowest BCUT2D eigenvalue weighted by Crippen LogP contribution is -2.43. The van der Waals surface area contributed by atoms with Crippen LogP contribution in [0.1, 0.15) is 47.4 Å². The minimum absolute atomic E-state index is 0.104. The van der Waals surface area contributed by atoms with Gasteiger partial charge in [-0.2, -0.15) is 0 Å². The van der Waals surface area contributed by atoms with E-state index >= 15 is 0 Å². The first-order chi connectivity index (χ1) is 15.7. The van der Waals surface area contributed by atoms with Crippen LogP contribution in [0, 0.1) is 6.92 Å². The fourth-order valence-corrected chi connectivity index (χ4v) is 5.92. The summed E-state index contributed by atoms with van der Waals surface area (Å²) in [6.45, 7) is 2.55. The van der Waals surface area contributed by atoms with Crippen molar-refractivity contribution in [2.75, 3.05) is 6.61 Å². The summed E-state index contributed by atoms with van der Waals surface area (Å²) in [4.78, 5) is 15.2. The smallest absolute Gasteiger partial charge is 0.410 e. The third kappa shape index (κ3) is 3.07. The van der Waals surface area contributed by atoms with Gasteiger partial charge in [-0.25, -0.2) is 4.79 Å². The van der Waals surface area contributed by atoms with Gasteiger partial charge in [0.1, 0.15) is 6.61 Å². The van der Waals surface area contributed by atoms with Gasteiger partial charge in [-0.1, -0.05) is 78.9 Å². The Morgan fingerprint density at radius 2 is 1.50 bits per heavy atom. The molecule has 2 aliphatic heterocycles. The van der Waals surface area contributed by atoms with Crippen molar-refractivity contribution in [2.45, 2.75) is 44.2 Å². The van der Waals surface area contributed by atoms with Gasteiger partial charge in [0.2, 0.25) is 0 Å². The number of aryl methyl sites for hydroxylation is 1. The second kappa shape index (κ2) is 7.67. The van der Waals surface area contributed by atoms with Gasteiger partial charge in [-0.15, -0.1) is 0 Å². The summed E-state index contributed by atoms with van der Waals surface area (Å²) in [7, 11) is 0. The molecule has 2 heterocycles. The summed E-state index contributed by atoms with van der Waals surface area (Å²) >= 11 is 0. The van der Waals surface area contributed by atoms with E-state index in [0.717, 1.165) is 19.3 Å². The first-order valence-corrected chi connectivity index (χ1v) is 11.6. The van der Waals surface area contributed by atoms with Crippen molar-refractivity contribution in [2.24, 2.45) is 0 Å². The van der Waals surface area contributed by atoms with Crippen LogP contribution in [0.5, 0.6) is 0 Å². The second-order valence-corrected chi connectivity index (χ2v) is 9.22. The molecule has 0 saturated carbocycles. The molecule has 0 N–H and O–H groups in total. The molecule has 0 aromatic heterocycles. The van der Waals surface area contributed by atoms with Crippen molar-refractivity contribution in [3.05, 3.63) is 101 Å². The summed E-state index contributed by atoms with van der Waals surface area (Å²) in [5.74, 6) is 0.104. The molecule has 3 heteroatoms. The number of carbonyl (C=O) groups is 1. The number of benzene rings is 3. The Labute approximate surface area is 189 Å². The zero-order valence-corrected chi connectivity index (χ0v) is 18.3. The quantitative estimate of drug-likeness (QED) is 0.479. The van der Waals surface area contributed by atoms with Crippen molar-refractivity contribution in [1.29, 1.82) is 0 Å². The molecule has 1 aliphatic carbocycles. The maximum Gasteiger partial charge on any atom is 0.410 e. The Hall–Kier alpha value is -3.33. The molecule has 6 rings (SSSR count). The molecule has 1 saturated heterocycles. The first kappa shape index (κ1) is 19.4. The molecule has 3 aromatic rings. The molecule has 3 aliphatic rings. The summed E-state index contributed by atoms with van der Waals surface area (Å²) in [5, 5.41) is 0. The molecule has 2 bridgehead atoms. The molecule has 2 atom stereocenters. The molecule has 160 valence electrons. The Morgan fingerprint density at radius 3 is 2.16 bits per heavy atom. The van der Waals surface area contributed by atoms with Crippen LogP contribution in [0.3, 0.4) is 0 Å². The number of fused-ring (bicyclic) bond motifs is 5. The highest BCUT2D eigenvalue weighted by Gasteiger charge is 2.41. The van der Waals surface area contributed by atoms with Crippen LogP contribution in [0.15, 0.2) is 78.9 Å². The molecule has 32 heavy (non-hydrogen) atoms. The van der Waals surface area contributed by atoms with E-state index in [2.05, 4.69) is 85.8 Å². The average Bonchev–Trinajstić information content (AvgIpc) is 3.29. The summed E-state index contributed by atoms with van der Waals surface area (Å²) < 4.78 is 5.98. The third-order valence-electron chi connectivity index (χ3n) is 7.43. The Kier molecular flexibility index (Phi) is 4.64. The van der Waals surface area contributed by atoms with Crippen molar-refractivity contribution < 1.29 is 9.53 Å². The SMILES string of the molecule is Cc1ccccc1C1=CC2CCC(C1)N2C(=O)OCC1c2ccccc2-c2ccccc21. The largest absolute Gasteiger partial charge is 0.448 e. The van der Waals surface area contributed by atoms with Crippen molar-refractivity contribution in [3.63, 3.8) is 0 Å². The number of ether oxygens (including phenoxy) is 1. The van der Waals surface area contributed by atoms with Gasteiger partial charge < -0.3 is 4.74 Å². The number of amides is 1. The van der Waals surface area contributed by atoms with Gasteiger partial charge in [0.05, 0.1) is 6.04 Å². The zero-order chi connectivity index (χ0) is 21.7. The fraction of sp³-hybridized carbons (Fsp3) is 0.276. The number of nitrogens with zero attached hydrogens (tertiary/aromatic N) is 1. The van der Waals surface area contributed by atoms with Gasteiger partial charge in [-0.05, 0) is 65.1 Å². The fourth-order valence-electron chi connectivity index (χ4n) is 5.92. The molecular formula is C29H27NO2. The number of carbonyl (C=O) groups excluding carboxylic acids is 1. The van der Waals surface area contributed by atoms with Crippen molar-refractivity contribution in [3.8, 4) is 11.1 Å². The predicted octanol–water partition coefficient (Wildman–Crippen LogP) is 6.56. The number of hydrogen-bond donors (Lipinski definition) is 0. The Balaban J connectivity index is 1.21. The minimum atomic E-state index is -0.167. The second-order valence-electron chi connectivity index (χ2n) is 9.22. The maximum atomic E-state index is 13.2. The summed E-state index contributed by atoms with van der Waals surface area (Å²) in [6, 6.07) is 25.9. The van der Waals surface area contributed by atoms with Gasteiger partial charge >= 0.3 is 6.09 Å². The van der Waals surface area contributed by atoms with Gasteiger partial charge in [0.25, 0.3) is 0 Å². The zero-order valence-electron chi connectivity index (χ0n) is 18.3. The van der Waals surface area contributed by atoms with Crippen LogP contribution >= 0.6 is 0 Å². The predicted molar refractivity (Wildman–Crippen MR) is 127 cm³/mol. The maximum absolute atomic E-state index is 13.2. The monoisotopic (exact) mass is 421 g/mol. The van der Waals surface area contributed by atoms with E-state index in [9.17, 15) is 4.79 Å². The first-order valence-electron chi connectivity index (χ1n) is 11.6. The lowest BCUT2D eigenvalue weighted by Gasteiger charge is -2.34. The van der Waals surface area contributed by atoms with Gasteiger partial charge in [0, 0.05) is 12.0 Å². The van der Waals surface area contributed by atoms with Crippen LogP contribution in [0.25, 0.3) is 16.7 Å². The van der Waals surface area contributed by atoms with E-state index in [0.29, 0.717) is 6.61 Å².